The smallest absolute Gasteiger partial charge is 0.265 e. The third-order valence-electron chi connectivity index (χ3n) is 3.11. The van der Waals surface area contributed by atoms with Crippen LogP contribution in [-0.2, 0) is 0 Å². The molecule has 1 amide bonds. The molecule has 1 aliphatic rings. The fraction of sp³-hybridized carbons (Fsp3) is 0.214. The van der Waals surface area contributed by atoms with E-state index in [1.165, 1.54) is 35.2 Å². The molecule has 0 spiro atoms. The molecular weight excluding hydrogens is 300 g/mol. The van der Waals surface area contributed by atoms with Crippen LogP contribution in [0.5, 0.6) is 0 Å². The van der Waals surface area contributed by atoms with E-state index in [2.05, 4.69) is 0 Å². The van der Waals surface area contributed by atoms with E-state index >= 15 is 0 Å². The second-order valence-corrected chi connectivity index (χ2v) is 6.50. The molecule has 1 atom stereocenters. The lowest BCUT2D eigenvalue weighted by Gasteiger charge is -2.24. The zero-order valence-electron chi connectivity index (χ0n) is 10.4. The van der Waals surface area contributed by atoms with E-state index in [9.17, 15) is 13.6 Å². The molecule has 1 fully saturated rings. The predicted octanol–water partition coefficient (Wildman–Crippen LogP) is 3.91. The van der Waals surface area contributed by atoms with Crippen molar-refractivity contribution < 1.29 is 13.6 Å². The van der Waals surface area contributed by atoms with E-state index < -0.39 is 11.6 Å². The minimum Gasteiger partial charge on any atom is -0.321 e. The summed E-state index contributed by atoms with van der Waals surface area (Å²) >= 11 is 2.86. The lowest BCUT2D eigenvalue weighted by Crippen LogP contribution is -2.30. The Kier molecular flexibility index (Phi) is 3.76. The first kappa shape index (κ1) is 13.6. The molecule has 3 rings (SSSR count). The largest absolute Gasteiger partial charge is 0.321 e. The first-order valence-electron chi connectivity index (χ1n) is 6.08. The summed E-state index contributed by atoms with van der Waals surface area (Å²) in [5.41, 5.74) is 0.360. The predicted molar refractivity (Wildman–Crippen MR) is 76.9 cm³/mol. The Morgan fingerprint density at radius 1 is 1.30 bits per heavy atom. The summed E-state index contributed by atoms with van der Waals surface area (Å²) < 4.78 is 26.9. The number of hydrogen-bond donors (Lipinski definition) is 0. The van der Waals surface area contributed by atoms with Gasteiger partial charge in [-0.15, -0.1) is 23.1 Å². The van der Waals surface area contributed by atoms with Crippen molar-refractivity contribution in [3.8, 4) is 0 Å². The Morgan fingerprint density at radius 3 is 2.85 bits per heavy atom. The highest BCUT2D eigenvalue weighted by molar-refractivity contribution is 7.99. The molecule has 2 aromatic rings. The fourth-order valence-corrected chi connectivity index (χ4v) is 4.14. The molecule has 1 aromatic carbocycles. The lowest BCUT2D eigenvalue weighted by molar-refractivity contribution is 0.0764. The molecule has 0 saturated carbocycles. The standard InChI is InChI=1S/C14H11F2NOS2/c15-9-3-4-10(11(16)8-9)14-17(5-7-20-14)13(18)12-2-1-6-19-12/h1-4,6,8,14H,5,7H2/t14-/m1/s1. The molecule has 1 aliphatic heterocycles. The van der Waals surface area contributed by atoms with Gasteiger partial charge in [-0.25, -0.2) is 8.78 Å². The number of thioether (sulfide) groups is 1. The SMILES string of the molecule is O=C(c1cccs1)N1CCS[C@@H]1c1ccc(F)cc1F. The maximum atomic E-state index is 13.9. The van der Waals surface area contributed by atoms with Gasteiger partial charge in [-0.1, -0.05) is 12.1 Å². The molecular formula is C14H11F2NOS2. The van der Waals surface area contributed by atoms with Crippen LogP contribution < -0.4 is 0 Å². The quantitative estimate of drug-likeness (QED) is 0.838. The first-order valence-corrected chi connectivity index (χ1v) is 8.00. The van der Waals surface area contributed by atoms with Crippen molar-refractivity contribution in [2.24, 2.45) is 0 Å². The molecule has 104 valence electrons. The number of carbonyl (C=O) groups is 1. The van der Waals surface area contributed by atoms with Crippen molar-refractivity contribution in [3.63, 3.8) is 0 Å². The van der Waals surface area contributed by atoms with Crippen molar-refractivity contribution in [2.45, 2.75) is 5.37 Å². The summed E-state index contributed by atoms with van der Waals surface area (Å²) in [5.74, 6) is -0.559. The van der Waals surface area contributed by atoms with E-state index in [-0.39, 0.29) is 11.3 Å². The second kappa shape index (κ2) is 5.54. The van der Waals surface area contributed by atoms with Gasteiger partial charge in [0.05, 0.1) is 4.88 Å². The van der Waals surface area contributed by atoms with Crippen molar-refractivity contribution >= 4 is 29.0 Å². The van der Waals surface area contributed by atoms with Crippen LogP contribution in [0.4, 0.5) is 8.78 Å². The van der Waals surface area contributed by atoms with Crippen LogP contribution in [-0.4, -0.2) is 23.1 Å². The van der Waals surface area contributed by atoms with Gasteiger partial charge in [0, 0.05) is 23.9 Å². The molecule has 20 heavy (non-hydrogen) atoms. The molecule has 2 nitrogen and oxygen atoms in total. The number of benzene rings is 1. The first-order chi connectivity index (χ1) is 9.66. The highest BCUT2D eigenvalue weighted by atomic mass is 32.2. The van der Waals surface area contributed by atoms with Crippen LogP contribution >= 0.6 is 23.1 Å². The molecule has 1 saturated heterocycles. The Morgan fingerprint density at radius 2 is 2.15 bits per heavy atom. The summed E-state index contributed by atoms with van der Waals surface area (Å²) in [6.07, 6.45) is 0. The Balaban J connectivity index is 1.91. The van der Waals surface area contributed by atoms with Gasteiger partial charge in [-0.05, 0) is 17.5 Å². The average Bonchev–Trinajstić information content (AvgIpc) is 3.09. The minimum absolute atomic E-state index is 0.0984. The highest BCUT2D eigenvalue weighted by Gasteiger charge is 2.33. The van der Waals surface area contributed by atoms with Crippen molar-refractivity contribution in [3.05, 3.63) is 57.8 Å². The fourth-order valence-electron chi connectivity index (χ4n) is 2.18. The maximum absolute atomic E-state index is 13.9. The molecule has 0 radical (unpaired) electrons. The van der Waals surface area contributed by atoms with Gasteiger partial charge in [0.15, 0.2) is 0 Å². The van der Waals surface area contributed by atoms with Gasteiger partial charge in [0.25, 0.3) is 5.91 Å². The third kappa shape index (κ3) is 2.45. The molecule has 0 unspecified atom stereocenters. The van der Waals surface area contributed by atoms with Crippen LogP contribution in [0.25, 0.3) is 0 Å². The molecule has 0 aliphatic carbocycles. The topological polar surface area (TPSA) is 20.3 Å². The number of carbonyl (C=O) groups excluding carboxylic acids is 1. The average molecular weight is 311 g/mol. The number of hydrogen-bond acceptors (Lipinski definition) is 3. The van der Waals surface area contributed by atoms with Crippen LogP contribution in [0.3, 0.4) is 0 Å². The van der Waals surface area contributed by atoms with Crippen molar-refractivity contribution in [1.82, 2.24) is 4.90 Å². The van der Waals surface area contributed by atoms with Crippen molar-refractivity contribution in [1.29, 1.82) is 0 Å². The van der Waals surface area contributed by atoms with E-state index in [0.29, 0.717) is 17.0 Å². The number of halogens is 2. The van der Waals surface area contributed by atoms with Gasteiger partial charge in [-0.2, -0.15) is 0 Å². The van der Waals surface area contributed by atoms with Crippen molar-refractivity contribution in [2.75, 3.05) is 12.3 Å². The van der Waals surface area contributed by atoms with E-state index in [1.54, 1.807) is 11.0 Å². The Hall–Kier alpha value is -1.40. The second-order valence-electron chi connectivity index (χ2n) is 4.36. The van der Waals surface area contributed by atoms with E-state index in [4.69, 9.17) is 0 Å². The van der Waals surface area contributed by atoms with E-state index in [0.717, 1.165) is 11.8 Å². The zero-order valence-corrected chi connectivity index (χ0v) is 12.0. The summed E-state index contributed by atoms with van der Waals surface area (Å²) in [5, 5.41) is 1.45. The molecule has 0 bridgehead atoms. The third-order valence-corrected chi connectivity index (χ3v) is 5.21. The number of rotatable bonds is 2. The summed E-state index contributed by atoms with van der Waals surface area (Å²) in [6.45, 7) is 0.572. The van der Waals surface area contributed by atoms with Gasteiger partial charge in [-0.3, -0.25) is 4.79 Å². The van der Waals surface area contributed by atoms with Gasteiger partial charge >= 0.3 is 0 Å². The summed E-state index contributed by atoms with van der Waals surface area (Å²) in [6, 6.07) is 7.08. The van der Waals surface area contributed by atoms with Crippen LogP contribution in [0.2, 0.25) is 0 Å². The molecule has 2 heterocycles. The molecule has 0 N–H and O–H groups in total. The monoisotopic (exact) mass is 311 g/mol. The van der Waals surface area contributed by atoms with Crippen LogP contribution in [0, 0.1) is 11.6 Å². The number of amides is 1. The zero-order chi connectivity index (χ0) is 14.1. The van der Waals surface area contributed by atoms with Gasteiger partial charge < -0.3 is 4.90 Å². The normalized spacial score (nSPS) is 18.5. The minimum atomic E-state index is -0.606. The maximum Gasteiger partial charge on any atom is 0.265 e. The number of thiophene rings is 1. The molecule has 1 aromatic heterocycles. The molecule has 6 heteroatoms. The number of nitrogens with zero attached hydrogens (tertiary/aromatic N) is 1. The highest BCUT2D eigenvalue weighted by Crippen LogP contribution is 2.40. The summed E-state index contributed by atoms with van der Waals surface area (Å²) in [7, 11) is 0. The Bertz CT molecular complexity index is 630. The van der Waals surface area contributed by atoms with Gasteiger partial charge in [0.1, 0.15) is 17.0 Å². The lowest BCUT2D eigenvalue weighted by atomic mass is 10.2. The van der Waals surface area contributed by atoms with Crippen LogP contribution in [0.15, 0.2) is 35.7 Å². The van der Waals surface area contributed by atoms with E-state index in [1.807, 2.05) is 11.4 Å². The Labute approximate surface area is 123 Å². The van der Waals surface area contributed by atoms with Crippen LogP contribution in [0.1, 0.15) is 20.6 Å². The van der Waals surface area contributed by atoms with Gasteiger partial charge in [0.2, 0.25) is 0 Å². The summed E-state index contributed by atoms with van der Waals surface area (Å²) in [4.78, 5) is 14.7.